The average molecular weight is 906 g/mol. The first-order valence-corrected chi connectivity index (χ1v) is 29.0. The Labute approximate surface area is 399 Å². The van der Waals surface area contributed by atoms with Crippen LogP contribution in [0.4, 0.5) is 0 Å². The highest BCUT2D eigenvalue weighted by Gasteiger charge is 2.19. The quantitative estimate of drug-likeness (QED) is 0.0344. The number of rotatable bonds is 54. The standard InChI is InChI=1S/C58H112O6/c1-4-7-10-13-16-18-20-22-24-26-27-28-29-30-32-33-35-37-39-42-45-48-51-57(60)63-54-55(53-62-56(59)50-47-44-41-15-12-9-6-3)64-58(61)52-49-46-43-40-38-36-34-31-25-23-21-19-17-14-11-8-5-2/h55H,4-54H2,1-3H3. The molecule has 0 aromatic carbocycles. The van der Waals surface area contributed by atoms with Crippen LogP contribution in [0, 0.1) is 0 Å². The molecular weight excluding hydrogens is 793 g/mol. The van der Waals surface area contributed by atoms with Gasteiger partial charge in [0.2, 0.25) is 0 Å². The molecule has 0 radical (unpaired) electrons. The van der Waals surface area contributed by atoms with Gasteiger partial charge in [0.25, 0.3) is 0 Å². The van der Waals surface area contributed by atoms with Crippen LogP contribution in [0.15, 0.2) is 0 Å². The summed E-state index contributed by atoms with van der Waals surface area (Å²) in [5.41, 5.74) is 0. The Morgan fingerprint density at radius 2 is 0.422 bits per heavy atom. The number of hydrogen-bond acceptors (Lipinski definition) is 6. The van der Waals surface area contributed by atoms with Crippen LogP contribution >= 0.6 is 0 Å². The van der Waals surface area contributed by atoms with Crippen molar-refractivity contribution in [2.75, 3.05) is 13.2 Å². The molecule has 380 valence electrons. The Kier molecular flexibility index (Phi) is 52.7. The van der Waals surface area contributed by atoms with Gasteiger partial charge in [0.15, 0.2) is 6.10 Å². The van der Waals surface area contributed by atoms with E-state index in [0.717, 1.165) is 57.8 Å². The van der Waals surface area contributed by atoms with Gasteiger partial charge >= 0.3 is 17.9 Å². The first kappa shape index (κ1) is 62.4. The maximum Gasteiger partial charge on any atom is 0.306 e. The molecule has 64 heavy (non-hydrogen) atoms. The first-order valence-electron chi connectivity index (χ1n) is 29.0. The lowest BCUT2D eigenvalue weighted by Gasteiger charge is -2.18. The molecule has 0 aliphatic heterocycles. The van der Waals surface area contributed by atoms with E-state index < -0.39 is 6.10 Å². The van der Waals surface area contributed by atoms with Gasteiger partial charge in [0, 0.05) is 19.3 Å². The second-order valence-corrected chi connectivity index (χ2v) is 19.9. The van der Waals surface area contributed by atoms with Crippen LogP contribution in [0.1, 0.15) is 335 Å². The molecule has 0 spiro atoms. The van der Waals surface area contributed by atoms with Gasteiger partial charge in [-0.3, -0.25) is 14.4 Å². The molecule has 0 rings (SSSR count). The first-order chi connectivity index (χ1) is 31.5. The summed E-state index contributed by atoms with van der Waals surface area (Å²) in [6.45, 7) is 6.66. The van der Waals surface area contributed by atoms with Crippen LogP contribution in [0.5, 0.6) is 0 Å². The minimum Gasteiger partial charge on any atom is -0.462 e. The lowest BCUT2D eigenvalue weighted by atomic mass is 10.0. The molecule has 6 nitrogen and oxygen atoms in total. The summed E-state index contributed by atoms with van der Waals surface area (Å²) in [7, 11) is 0. The third kappa shape index (κ3) is 51.4. The molecule has 0 amide bonds. The van der Waals surface area contributed by atoms with Gasteiger partial charge in [-0.25, -0.2) is 0 Å². The van der Waals surface area contributed by atoms with Crippen molar-refractivity contribution in [2.24, 2.45) is 0 Å². The van der Waals surface area contributed by atoms with E-state index in [1.54, 1.807) is 0 Å². The van der Waals surface area contributed by atoms with Crippen LogP contribution < -0.4 is 0 Å². The van der Waals surface area contributed by atoms with Crippen molar-refractivity contribution in [2.45, 2.75) is 341 Å². The molecule has 0 aromatic heterocycles. The summed E-state index contributed by atoms with van der Waals surface area (Å²) in [6, 6.07) is 0. The summed E-state index contributed by atoms with van der Waals surface area (Å²) in [6.07, 6.45) is 59.8. The van der Waals surface area contributed by atoms with Crippen LogP contribution in [-0.2, 0) is 28.6 Å². The van der Waals surface area contributed by atoms with Gasteiger partial charge in [-0.2, -0.15) is 0 Å². The van der Waals surface area contributed by atoms with E-state index in [-0.39, 0.29) is 31.1 Å². The third-order valence-corrected chi connectivity index (χ3v) is 13.4. The normalized spacial score (nSPS) is 11.9. The van der Waals surface area contributed by atoms with E-state index in [1.165, 1.54) is 238 Å². The maximum absolute atomic E-state index is 12.8. The summed E-state index contributed by atoms with van der Waals surface area (Å²) in [5, 5.41) is 0. The van der Waals surface area contributed by atoms with E-state index in [2.05, 4.69) is 20.8 Å². The minimum atomic E-state index is -0.759. The monoisotopic (exact) mass is 905 g/mol. The van der Waals surface area contributed by atoms with Crippen molar-refractivity contribution in [1.82, 2.24) is 0 Å². The van der Waals surface area contributed by atoms with Crippen LogP contribution in [0.3, 0.4) is 0 Å². The fourth-order valence-corrected chi connectivity index (χ4v) is 8.98. The largest absolute Gasteiger partial charge is 0.462 e. The third-order valence-electron chi connectivity index (χ3n) is 13.4. The maximum atomic E-state index is 12.8. The van der Waals surface area contributed by atoms with Crippen molar-refractivity contribution >= 4 is 17.9 Å². The molecule has 0 aliphatic rings. The zero-order chi connectivity index (χ0) is 46.5. The predicted molar refractivity (Wildman–Crippen MR) is 275 cm³/mol. The minimum absolute atomic E-state index is 0.0619. The second-order valence-electron chi connectivity index (χ2n) is 19.9. The van der Waals surface area contributed by atoms with Crippen molar-refractivity contribution in [1.29, 1.82) is 0 Å². The van der Waals surface area contributed by atoms with Gasteiger partial charge in [0.1, 0.15) is 13.2 Å². The Hall–Kier alpha value is -1.59. The molecule has 0 aliphatic carbocycles. The highest BCUT2D eigenvalue weighted by atomic mass is 16.6. The predicted octanol–water partition coefficient (Wildman–Crippen LogP) is 19.2. The Morgan fingerprint density at radius 1 is 0.250 bits per heavy atom. The van der Waals surface area contributed by atoms with Gasteiger partial charge in [-0.1, -0.05) is 297 Å². The molecular formula is C58H112O6. The van der Waals surface area contributed by atoms with Gasteiger partial charge in [-0.05, 0) is 19.3 Å². The van der Waals surface area contributed by atoms with Crippen molar-refractivity contribution < 1.29 is 28.6 Å². The molecule has 1 unspecified atom stereocenters. The van der Waals surface area contributed by atoms with Crippen LogP contribution in [-0.4, -0.2) is 37.2 Å². The fourth-order valence-electron chi connectivity index (χ4n) is 8.98. The van der Waals surface area contributed by atoms with E-state index in [1.807, 2.05) is 0 Å². The lowest BCUT2D eigenvalue weighted by molar-refractivity contribution is -0.167. The summed E-state index contributed by atoms with van der Waals surface area (Å²) in [4.78, 5) is 37.9. The molecule has 0 saturated heterocycles. The van der Waals surface area contributed by atoms with Crippen LogP contribution in [0.2, 0.25) is 0 Å². The fraction of sp³-hybridized carbons (Fsp3) is 0.948. The average Bonchev–Trinajstić information content (AvgIpc) is 3.29. The van der Waals surface area contributed by atoms with Crippen LogP contribution in [0.25, 0.3) is 0 Å². The number of carbonyl (C=O) groups excluding carboxylic acids is 3. The Bertz CT molecular complexity index is 951. The number of hydrogen-bond donors (Lipinski definition) is 0. The molecule has 0 aromatic rings. The highest BCUT2D eigenvalue weighted by molar-refractivity contribution is 5.71. The smallest absolute Gasteiger partial charge is 0.306 e. The summed E-state index contributed by atoms with van der Waals surface area (Å²) in [5.74, 6) is -0.842. The summed E-state index contributed by atoms with van der Waals surface area (Å²) >= 11 is 0. The molecule has 0 saturated carbocycles. The number of esters is 3. The molecule has 0 bridgehead atoms. The topological polar surface area (TPSA) is 78.9 Å². The lowest BCUT2D eigenvalue weighted by Crippen LogP contribution is -2.30. The highest BCUT2D eigenvalue weighted by Crippen LogP contribution is 2.18. The van der Waals surface area contributed by atoms with E-state index >= 15 is 0 Å². The van der Waals surface area contributed by atoms with E-state index in [0.29, 0.717) is 19.3 Å². The molecule has 0 fully saturated rings. The SMILES string of the molecule is CCCCCCCCCCCCCCCCCCCCCCCCC(=O)OCC(COC(=O)CCCCCCCCC)OC(=O)CCCCCCCCCCCCCCCCCCC. The number of ether oxygens (including phenoxy) is 3. The van der Waals surface area contributed by atoms with Crippen molar-refractivity contribution in [3.63, 3.8) is 0 Å². The molecule has 0 N–H and O–H groups in total. The van der Waals surface area contributed by atoms with E-state index in [9.17, 15) is 14.4 Å². The van der Waals surface area contributed by atoms with Crippen molar-refractivity contribution in [3.8, 4) is 0 Å². The Morgan fingerprint density at radius 3 is 0.625 bits per heavy atom. The van der Waals surface area contributed by atoms with Gasteiger partial charge in [0.05, 0.1) is 0 Å². The zero-order valence-corrected chi connectivity index (χ0v) is 43.6. The molecule has 1 atom stereocenters. The number of unbranched alkanes of at least 4 members (excludes halogenated alkanes) is 43. The molecule has 0 heterocycles. The van der Waals surface area contributed by atoms with Gasteiger partial charge < -0.3 is 14.2 Å². The van der Waals surface area contributed by atoms with Crippen molar-refractivity contribution in [3.05, 3.63) is 0 Å². The van der Waals surface area contributed by atoms with Gasteiger partial charge in [-0.15, -0.1) is 0 Å². The zero-order valence-electron chi connectivity index (χ0n) is 43.6. The molecule has 6 heteroatoms. The Balaban J connectivity index is 4.10. The number of carbonyl (C=O) groups is 3. The second kappa shape index (κ2) is 54.0. The van der Waals surface area contributed by atoms with E-state index in [4.69, 9.17) is 14.2 Å². The summed E-state index contributed by atoms with van der Waals surface area (Å²) < 4.78 is 16.8.